The van der Waals surface area contributed by atoms with E-state index in [4.69, 9.17) is 0 Å². The van der Waals surface area contributed by atoms with Crippen molar-refractivity contribution in [2.24, 2.45) is 0 Å². The second kappa shape index (κ2) is 4.60. The Hall–Kier alpha value is -1.42. The Morgan fingerprint density at radius 2 is 1.63 bits per heavy atom. The Morgan fingerprint density at radius 1 is 0.895 bits per heavy atom. The van der Waals surface area contributed by atoms with Gasteiger partial charge in [-0.05, 0) is 35.2 Å². The summed E-state index contributed by atoms with van der Waals surface area (Å²) < 4.78 is 39.1. The summed E-state index contributed by atoms with van der Waals surface area (Å²) in [4.78, 5) is 1.08. The first-order valence-electron chi connectivity index (χ1n) is 5.94. The Bertz CT molecular complexity index is 617. The molecule has 0 bridgehead atoms. The monoisotopic (exact) mass is 280 g/mol. The van der Waals surface area contributed by atoms with Gasteiger partial charge >= 0.3 is 6.18 Å². The predicted octanol–water partition coefficient (Wildman–Crippen LogP) is 4.90. The van der Waals surface area contributed by atoms with Crippen molar-refractivity contribution in [3.05, 3.63) is 64.7 Å². The summed E-state index contributed by atoms with van der Waals surface area (Å²) in [6, 6.07) is 12.3. The number of thioether (sulfide) groups is 1. The molecule has 0 amide bonds. The fourth-order valence-corrected chi connectivity index (χ4v) is 3.52. The van der Waals surface area contributed by atoms with Gasteiger partial charge in [0.05, 0.1) is 5.56 Å². The maximum absolute atomic E-state index is 13.0. The molecule has 0 saturated heterocycles. The molecule has 0 atom stereocenters. The topological polar surface area (TPSA) is 0 Å². The van der Waals surface area contributed by atoms with Crippen molar-refractivity contribution < 1.29 is 13.2 Å². The summed E-state index contributed by atoms with van der Waals surface area (Å²) in [5, 5.41) is 0. The molecule has 19 heavy (non-hydrogen) atoms. The van der Waals surface area contributed by atoms with Crippen LogP contribution in [0, 0.1) is 0 Å². The Balaban J connectivity index is 2.11. The average Bonchev–Trinajstić information content (AvgIpc) is 2.55. The largest absolute Gasteiger partial charge is 0.416 e. The minimum absolute atomic E-state index is 0.377. The second-order valence-electron chi connectivity index (χ2n) is 4.51. The number of rotatable bonds is 0. The van der Waals surface area contributed by atoms with E-state index in [1.54, 1.807) is 6.07 Å². The molecule has 2 aromatic carbocycles. The zero-order valence-corrected chi connectivity index (χ0v) is 10.8. The summed E-state index contributed by atoms with van der Waals surface area (Å²) in [5.41, 5.74) is 1.82. The molecule has 0 aromatic heterocycles. The molecule has 1 heterocycles. The minimum Gasteiger partial charge on any atom is -0.166 e. The second-order valence-corrected chi connectivity index (χ2v) is 5.53. The highest BCUT2D eigenvalue weighted by Gasteiger charge is 2.34. The molecule has 3 rings (SSSR count). The lowest BCUT2D eigenvalue weighted by atomic mass is 9.96. The highest BCUT2D eigenvalue weighted by molar-refractivity contribution is 7.98. The van der Waals surface area contributed by atoms with Gasteiger partial charge < -0.3 is 0 Å². The number of hydrogen-bond donors (Lipinski definition) is 0. The third-order valence-electron chi connectivity index (χ3n) is 3.30. The van der Waals surface area contributed by atoms with Crippen molar-refractivity contribution >= 4 is 11.8 Å². The van der Waals surface area contributed by atoms with Crippen LogP contribution >= 0.6 is 11.8 Å². The first-order valence-corrected chi connectivity index (χ1v) is 6.93. The molecule has 0 N–H and O–H groups in total. The van der Waals surface area contributed by atoms with E-state index in [0.717, 1.165) is 16.0 Å². The van der Waals surface area contributed by atoms with Crippen molar-refractivity contribution in [2.75, 3.05) is 0 Å². The van der Waals surface area contributed by atoms with E-state index < -0.39 is 11.7 Å². The van der Waals surface area contributed by atoms with Crippen LogP contribution < -0.4 is 0 Å². The summed E-state index contributed by atoms with van der Waals surface area (Å²) >= 11 is 1.48. The highest BCUT2D eigenvalue weighted by Crippen LogP contribution is 2.40. The third-order valence-corrected chi connectivity index (χ3v) is 4.45. The maximum atomic E-state index is 13.0. The van der Waals surface area contributed by atoms with E-state index in [2.05, 4.69) is 0 Å². The quantitative estimate of drug-likeness (QED) is 0.661. The number of hydrogen-bond acceptors (Lipinski definition) is 1. The molecule has 4 heteroatoms. The van der Waals surface area contributed by atoms with Crippen LogP contribution in [0.3, 0.4) is 0 Å². The lowest BCUT2D eigenvalue weighted by molar-refractivity contribution is -0.138. The van der Waals surface area contributed by atoms with Gasteiger partial charge in [0.25, 0.3) is 0 Å². The number of fused-ring (bicyclic) bond motifs is 2. The normalized spacial score (nSPS) is 14.5. The first kappa shape index (κ1) is 12.6. The molecule has 1 aliphatic rings. The molecule has 0 nitrogen and oxygen atoms in total. The summed E-state index contributed by atoms with van der Waals surface area (Å²) in [7, 11) is 0. The van der Waals surface area contributed by atoms with E-state index in [0.29, 0.717) is 17.7 Å². The zero-order chi connectivity index (χ0) is 13.5. The van der Waals surface area contributed by atoms with Gasteiger partial charge in [0.2, 0.25) is 0 Å². The van der Waals surface area contributed by atoms with Crippen LogP contribution in [0.1, 0.15) is 22.3 Å². The Labute approximate surface area is 113 Å². The lowest BCUT2D eigenvalue weighted by Crippen LogP contribution is -2.10. The summed E-state index contributed by atoms with van der Waals surface area (Å²) in [5.74, 6) is 0.377. The Morgan fingerprint density at radius 3 is 2.42 bits per heavy atom. The Kier molecular flexibility index (Phi) is 3.05. The number of alkyl halides is 3. The highest BCUT2D eigenvalue weighted by atomic mass is 32.2. The van der Waals surface area contributed by atoms with E-state index in [1.807, 2.05) is 24.3 Å². The van der Waals surface area contributed by atoms with Crippen molar-refractivity contribution in [2.45, 2.75) is 23.2 Å². The fourth-order valence-electron chi connectivity index (χ4n) is 2.38. The average molecular weight is 280 g/mol. The SMILES string of the molecule is FC(F)(F)c1cccc2c1CSc1ccccc1C2. The first-order chi connectivity index (χ1) is 9.05. The molecule has 0 spiro atoms. The standard InChI is InChI=1S/C15H11F3S/c16-15(17,18)13-6-3-5-10-8-11-4-1-2-7-14(11)19-9-12(10)13/h1-7H,8-9H2. The van der Waals surface area contributed by atoms with E-state index in [1.165, 1.54) is 23.9 Å². The molecule has 0 radical (unpaired) electrons. The summed E-state index contributed by atoms with van der Waals surface area (Å²) in [6.07, 6.45) is -3.70. The van der Waals surface area contributed by atoms with Crippen molar-refractivity contribution in [3.63, 3.8) is 0 Å². The number of halogens is 3. The molecule has 1 aliphatic heterocycles. The summed E-state index contributed by atoms with van der Waals surface area (Å²) in [6.45, 7) is 0. The molecular formula is C15H11F3S. The van der Waals surface area contributed by atoms with Gasteiger partial charge in [0, 0.05) is 10.6 Å². The van der Waals surface area contributed by atoms with Gasteiger partial charge in [-0.25, -0.2) is 0 Å². The van der Waals surface area contributed by atoms with Crippen LogP contribution in [0.2, 0.25) is 0 Å². The van der Waals surface area contributed by atoms with Crippen LogP contribution in [-0.2, 0) is 18.3 Å². The van der Waals surface area contributed by atoms with Gasteiger partial charge in [-0.3, -0.25) is 0 Å². The van der Waals surface area contributed by atoms with Gasteiger partial charge in [0.1, 0.15) is 0 Å². The van der Waals surface area contributed by atoms with E-state index >= 15 is 0 Å². The van der Waals surface area contributed by atoms with Crippen LogP contribution in [0.5, 0.6) is 0 Å². The van der Waals surface area contributed by atoms with Crippen molar-refractivity contribution in [1.29, 1.82) is 0 Å². The smallest absolute Gasteiger partial charge is 0.166 e. The maximum Gasteiger partial charge on any atom is 0.416 e. The molecule has 0 saturated carbocycles. The minimum atomic E-state index is -4.28. The van der Waals surface area contributed by atoms with Gasteiger partial charge in [-0.2, -0.15) is 13.2 Å². The molecule has 0 unspecified atom stereocenters. The van der Waals surface area contributed by atoms with E-state index in [-0.39, 0.29) is 0 Å². The fraction of sp³-hybridized carbons (Fsp3) is 0.200. The van der Waals surface area contributed by atoms with E-state index in [9.17, 15) is 13.2 Å². The van der Waals surface area contributed by atoms with Crippen LogP contribution in [0.25, 0.3) is 0 Å². The lowest BCUT2D eigenvalue weighted by Gasteiger charge is -2.14. The molecule has 98 valence electrons. The zero-order valence-electron chi connectivity index (χ0n) is 10.00. The van der Waals surface area contributed by atoms with Crippen LogP contribution in [0.4, 0.5) is 13.2 Å². The molecule has 0 fully saturated rings. The number of benzene rings is 2. The van der Waals surface area contributed by atoms with Gasteiger partial charge in [-0.1, -0.05) is 30.3 Å². The molecule has 0 aliphatic carbocycles. The molecule has 2 aromatic rings. The van der Waals surface area contributed by atoms with Crippen molar-refractivity contribution in [1.82, 2.24) is 0 Å². The van der Waals surface area contributed by atoms with Gasteiger partial charge in [0.15, 0.2) is 0 Å². The van der Waals surface area contributed by atoms with Gasteiger partial charge in [-0.15, -0.1) is 11.8 Å². The van der Waals surface area contributed by atoms with Crippen LogP contribution in [-0.4, -0.2) is 0 Å². The molecular weight excluding hydrogens is 269 g/mol. The third kappa shape index (κ3) is 2.37. The van der Waals surface area contributed by atoms with Crippen molar-refractivity contribution in [3.8, 4) is 0 Å². The predicted molar refractivity (Wildman–Crippen MR) is 70.3 cm³/mol. The van der Waals surface area contributed by atoms with Crippen LogP contribution in [0.15, 0.2) is 47.4 Å².